The second-order valence-electron chi connectivity index (χ2n) is 8.21. The molecule has 0 aliphatic heterocycles. The maximum absolute atomic E-state index is 12.4. The number of ether oxygens (including phenoxy) is 1. The molecule has 1 N–H and O–H groups in total. The number of hydrogen-bond donors (Lipinski definition) is 1. The monoisotopic (exact) mass is 450 g/mol. The van der Waals surface area contributed by atoms with Crippen molar-refractivity contribution < 1.29 is 9.53 Å². The molecule has 0 bridgehead atoms. The molecule has 0 saturated heterocycles. The molecular weight excluding hydrogens is 420 g/mol. The highest BCUT2D eigenvalue weighted by Gasteiger charge is 2.15. The Bertz CT molecular complexity index is 1110. The number of rotatable bonds is 8. The Morgan fingerprint density at radius 3 is 2.66 bits per heavy atom. The number of nitrogens with zero attached hydrogens (tertiary/aromatic N) is 3. The van der Waals surface area contributed by atoms with E-state index in [1.807, 2.05) is 42.7 Å². The summed E-state index contributed by atoms with van der Waals surface area (Å²) in [6.45, 7) is 7.22. The van der Waals surface area contributed by atoms with Gasteiger partial charge in [-0.25, -0.2) is 0 Å². The third-order valence-electron chi connectivity index (χ3n) is 5.92. The van der Waals surface area contributed by atoms with Crippen molar-refractivity contribution in [3.05, 3.63) is 64.5 Å². The number of aryl methyl sites for hydroxylation is 4. The number of hydrogen-bond acceptors (Lipinski definition) is 5. The first-order chi connectivity index (χ1) is 15.5. The first-order valence-corrected chi connectivity index (χ1v) is 12.2. The van der Waals surface area contributed by atoms with Gasteiger partial charge in [-0.3, -0.25) is 4.79 Å². The van der Waals surface area contributed by atoms with Crippen LogP contribution in [0.1, 0.15) is 47.8 Å². The minimum absolute atomic E-state index is 0.0595. The summed E-state index contributed by atoms with van der Waals surface area (Å²) in [4.78, 5) is 12.4. The van der Waals surface area contributed by atoms with Gasteiger partial charge in [0.1, 0.15) is 12.4 Å². The van der Waals surface area contributed by atoms with Gasteiger partial charge in [-0.15, -0.1) is 10.2 Å². The zero-order chi connectivity index (χ0) is 22.5. The second kappa shape index (κ2) is 10.2. The fourth-order valence-corrected chi connectivity index (χ4v) is 4.77. The summed E-state index contributed by atoms with van der Waals surface area (Å²) in [7, 11) is 0. The number of carbonyl (C=O) groups is 1. The molecule has 168 valence electrons. The second-order valence-corrected chi connectivity index (χ2v) is 9.15. The van der Waals surface area contributed by atoms with Crippen molar-refractivity contribution in [2.75, 3.05) is 11.1 Å². The Morgan fingerprint density at radius 2 is 1.88 bits per heavy atom. The van der Waals surface area contributed by atoms with Crippen LogP contribution in [-0.4, -0.2) is 26.4 Å². The van der Waals surface area contributed by atoms with Gasteiger partial charge in [-0.1, -0.05) is 23.9 Å². The van der Waals surface area contributed by atoms with Crippen molar-refractivity contribution in [1.82, 2.24) is 14.8 Å². The average molecular weight is 451 g/mol. The van der Waals surface area contributed by atoms with Gasteiger partial charge in [-0.05, 0) is 93.0 Å². The molecule has 0 spiro atoms. The molecule has 1 heterocycles. The molecule has 0 saturated carbocycles. The molecule has 1 aliphatic rings. The minimum Gasteiger partial charge on any atom is -0.486 e. The van der Waals surface area contributed by atoms with Gasteiger partial charge in [0.2, 0.25) is 5.91 Å². The summed E-state index contributed by atoms with van der Waals surface area (Å²) in [5, 5.41) is 12.3. The predicted molar refractivity (Wildman–Crippen MR) is 128 cm³/mol. The largest absolute Gasteiger partial charge is 0.486 e. The van der Waals surface area contributed by atoms with E-state index in [1.54, 1.807) is 0 Å². The summed E-state index contributed by atoms with van der Waals surface area (Å²) in [6, 6.07) is 12.3. The van der Waals surface area contributed by atoms with E-state index in [1.165, 1.54) is 41.3 Å². The average Bonchev–Trinajstić information content (AvgIpc) is 3.20. The Labute approximate surface area is 193 Å². The quantitative estimate of drug-likeness (QED) is 0.483. The number of fused-ring (bicyclic) bond motifs is 1. The number of amides is 1. The molecule has 1 aromatic heterocycles. The van der Waals surface area contributed by atoms with Crippen LogP contribution in [0.2, 0.25) is 0 Å². The lowest BCUT2D eigenvalue weighted by Crippen LogP contribution is -2.15. The van der Waals surface area contributed by atoms with Crippen LogP contribution in [0.4, 0.5) is 5.69 Å². The SMILES string of the molecule is CCn1c(COc2ccc3c(c2)CCCC3)nnc1SCC(=O)Nc1ccc(C)c(C)c1. The minimum atomic E-state index is -0.0595. The normalized spacial score (nSPS) is 13.0. The standard InChI is InChI=1S/C25H30N4O2S/c1-4-29-23(15-31-22-12-10-19-7-5-6-8-20(19)14-22)27-28-25(29)32-16-24(30)26-21-11-9-17(2)18(3)13-21/h9-14H,4-8,15-16H2,1-3H3,(H,26,30). The number of benzene rings is 2. The maximum atomic E-state index is 12.4. The van der Waals surface area contributed by atoms with Crippen LogP contribution < -0.4 is 10.1 Å². The van der Waals surface area contributed by atoms with Crippen LogP contribution in [0.3, 0.4) is 0 Å². The Kier molecular flexibility index (Phi) is 7.15. The smallest absolute Gasteiger partial charge is 0.234 e. The first-order valence-electron chi connectivity index (χ1n) is 11.2. The van der Waals surface area contributed by atoms with Gasteiger partial charge in [0, 0.05) is 12.2 Å². The number of carbonyl (C=O) groups excluding carboxylic acids is 1. The lowest BCUT2D eigenvalue weighted by Gasteiger charge is -2.16. The van der Waals surface area contributed by atoms with Gasteiger partial charge in [-0.2, -0.15) is 0 Å². The van der Waals surface area contributed by atoms with Gasteiger partial charge < -0.3 is 14.6 Å². The van der Waals surface area contributed by atoms with Gasteiger partial charge >= 0.3 is 0 Å². The zero-order valence-electron chi connectivity index (χ0n) is 19.0. The van der Waals surface area contributed by atoms with Gasteiger partial charge in [0.05, 0.1) is 5.75 Å². The van der Waals surface area contributed by atoms with E-state index in [0.717, 1.165) is 47.4 Å². The van der Waals surface area contributed by atoms with Crippen LogP contribution in [0, 0.1) is 13.8 Å². The highest BCUT2D eigenvalue weighted by atomic mass is 32.2. The van der Waals surface area contributed by atoms with E-state index in [4.69, 9.17) is 4.74 Å². The van der Waals surface area contributed by atoms with Gasteiger partial charge in [0.25, 0.3) is 0 Å². The number of nitrogens with one attached hydrogen (secondary N) is 1. The molecule has 1 amide bonds. The van der Waals surface area contributed by atoms with E-state index in [0.29, 0.717) is 6.61 Å². The summed E-state index contributed by atoms with van der Waals surface area (Å²) in [5.41, 5.74) is 6.02. The fraction of sp³-hybridized carbons (Fsp3) is 0.400. The number of aromatic nitrogens is 3. The van der Waals surface area contributed by atoms with Crippen molar-refractivity contribution in [1.29, 1.82) is 0 Å². The molecule has 3 aromatic rings. The molecule has 0 radical (unpaired) electrons. The summed E-state index contributed by atoms with van der Waals surface area (Å²) >= 11 is 1.39. The molecule has 7 heteroatoms. The van der Waals surface area contributed by atoms with Crippen molar-refractivity contribution in [3.63, 3.8) is 0 Å². The van der Waals surface area contributed by atoms with Crippen LogP contribution in [0.15, 0.2) is 41.6 Å². The first kappa shape index (κ1) is 22.4. The topological polar surface area (TPSA) is 69.0 Å². The van der Waals surface area contributed by atoms with Crippen LogP contribution in [0.25, 0.3) is 0 Å². The van der Waals surface area contributed by atoms with Crippen LogP contribution >= 0.6 is 11.8 Å². The Hall–Kier alpha value is -2.80. The molecule has 32 heavy (non-hydrogen) atoms. The molecular formula is C25H30N4O2S. The van der Waals surface area contributed by atoms with Crippen molar-refractivity contribution in [3.8, 4) is 5.75 Å². The van der Waals surface area contributed by atoms with E-state index < -0.39 is 0 Å². The van der Waals surface area contributed by atoms with Crippen molar-refractivity contribution >= 4 is 23.4 Å². The van der Waals surface area contributed by atoms with E-state index in [9.17, 15) is 4.79 Å². The maximum Gasteiger partial charge on any atom is 0.234 e. The zero-order valence-corrected chi connectivity index (χ0v) is 19.8. The molecule has 6 nitrogen and oxygen atoms in total. The molecule has 0 fully saturated rings. The molecule has 0 atom stereocenters. The number of anilines is 1. The van der Waals surface area contributed by atoms with Crippen molar-refractivity contribution in [2.45, 2.75) is 64.8 Å². The van der Waals surface area contributed by atoms with E-state index in [2.05, 4.69) is 34.6 Å². The molecule has 2 aromatic carbocycles. The Morgan fingerprint density at radius 1 is 1.06 bits per heavy atom. The van der Waals surface area contributed by atoms with Crippen LogP contribution in [-0.2, 0) is 30.8 Å². The predicted octanol–water partition coefficient (Wildman–Crippen LogP) is 5.10. The molecule has 4 rings (SSSR count). The third-order valence-corrected chi connectivity index (χ3v) is 6.89. The lowest BCUT2D eigenvalue weighted by atomic mass is 9.92. The van der Waals surface area contributed by atoms with E-state index >= 15 is 0 Å². The molecule has 0 unspecified atom stereocenters. The van der Waals surface area contributed by atoms with E-state index in [-0.39, 0.29) is 11.7 Å². The van der Waals surface area contributed by atoms with Crippen molar-refractivity contribution in [2.24, 2.45) is 0 Å². The summed E-state index contributed by atoms with van der Waals surface area (Å²) < 4.78 is 8.03. The molecule has 1 aliphatic carbocycles. The Balaban J connectivity index is 1.34. The van der Waals surface area contributed by atoms with Crippen LogP contribution in [0.5, 0.6) is 5.75 Å². The number of thioether (sulfide) groups is 1. The summed E-state index contributed by atoms with van der Waals surface area (Å²) in [5.74, 6) is 1.85. The lowest BCUT2D eigenvalue weighted by molar-refractivity contribution is -0.113. The van der Waals surface area contributed by atoms with Gasteiger partial charge in [0.15, 0.2) is 11.0 Å². The fourth-order valence-electron chi connectivity index (χ4n) is 3.94. The third kappa shape index (κ3) is 5.33. The summed E-state index contributed by atoms with van der Waals surface area (Å²) in [6.07, 6.45) is 4.81. The highest BCUT2D eigenvalue weighted by Crippen LogP contribution is 2.26. The highest BCUT2D eigenvalue weighted by molar-refractivity contribution is 7.99.